The van der Waals surface area contributed by atoms with Crippen molar-refractivity contribution in [2.45, 2.75) is 6.92 Å². The first kappa shape index (κ1) is 23.7. The van der Waals surface area contributed by atoms with E-state index in [0.29, 0.717) is 0 Å². The van der Waals surface area contributed by atoms with Crippen LogP contribution in [0.25, 0.3) is 0 Å². The monoisotopic (exact) mass is 526 g/mol. The minimum absolute atomic E-state index is 0.0949. The Morgan fingerprint density at radius 1 is 0.463 bits per heavy atom. The molecule has 0 bridgehead atoms. The molecule has 0 amide bonds. The van der Waals surface area contributed by atoms with Gasteiger partial charge >= 0.3 is 0 Å². The predicted molar refractivity (Wildman–Crippen MR) is 172 cm³/mol. The third-order valence-electron chi connectivity index (χ3n) is 8.13. The predicted octanol–water partition coefficient (Wildman–Crippen LogP) is 7.87. The number of fused-ring (bicyclic) bond motifs is 4. The van der Waals surface area contributed by atoms with E-state index in [2.05, 4.69) is 132 Å². The molecule has 6 aromatic rings. The summed E-state index contributed by atoms with van der Waals surface area (Å²) < 4.78 is 6.35. The minimum atomic E-state index is 0.0949. The summed E-state index contributed by atoms with van der Waals surface area (Å²) in [5, 5.41) is 0. The van der Waals surface area contributed by atoms with Crippen molar-refractivity contribution in [3.63, 3.8) is 0 Å². The summed E-state index contributed by atoms with van der Waals surface area (Å²) in [5.74, 6) is 1.65. The summed E-state index contributed by atoms with van der Waals surface area (Å²) in [5.41, 5.74) is 12.2. The maximum Gasteiger partial charge on any atom is 0.252 e. The Hall–Kier alpha value is -5.22. The highest BCUT2D eigenvalue weighted by atomic mass is 16.5. The fourth-order valence-electron chi connectivity index (χ4n) is 6.42. The zero-order valence-electron chi connectivity index (χ0n) is 22.7. The van der Waals surface area contributed by atoms with E-state index in [-0.39, 0.29) is 6.71 Å². The van der Waals surface area contributed by atoms with Gasteiger partial charge in [-0.15, -0.1) is 0 Å². The lowest BCUT2D eigenvalue weighted by molar-refractivity contribution is 0.483. The molecule has 0 aromatic heterocycles. The molecule has 0 saturated carbocycles. The van der Waals surface area contributed by atoms with E-state index in [0.717, 1.165) is 28.6 Å². The lowest BCUT2D eigenvalue weighted by Gasteiger charge is -2.44. The average molecular weight is 526 g/mol. The number of aryl methyl sites for hydroxylation is 1. The van der Waals surface area contributed by atoms with E-state index < -0.39 is 0 Å². The Labute approximate surface area is 241 Å². The van der Waals surface area contributed by atoms with Crippen molar-refractivity contribution >= 4 is 57.2 Å². The minimum Gasteiger partial charge on any atom is -0.457 e. The molecule has 6 aromatic carbocycles. The van der Waals surface area contributed by atoms with Gasteiger partial charge < -0.3 is 14.5 Å². The fraction of sp³-hybridized carbons (Fsp3) is 0.0270. The maximum absolute atomic E-state index is 6.35. The van der Waals surface area contributed by atoms with Crippen molar-refractivity contribution in [1.29, 1.82) is 0 Å². The number of hydrogen-bond acceptors (Lipinski definition) is 3. The Bertz CT molecular complexity index is 1890. The van der Waals surface area contributed by atoms with Gasteiger partial charge in [-0.2, -0.15) is 0 Å². The zero-order valence-corrected chi connectivity index (χ0v) is 22.7. The molecular weight excluding hydrogens is 499 g/mol. The molecule has 8 rings (SSSR count). The molecule has 0 spiro atoms. The molecule has 0 radical (unpaired) electrons. The van der Waals surface area contributed by atoms with Crippen LogP contribution in [0.15, 0.2) is 146 Å². The SMILES string of the molecule is Cc1ccc2c(c1)N(c1ccccc1)c1cccc3c1B2c1ccc(Oc2ccccc2)cc1N3c1ccccc1. The van der Waals surface area contributed by atoms with Crippen molar-refractivity contribution in [2.75, 3.05) is 9.80 Å². The molecular formula is C37H27BN2O. The molecule has 3 nitrogen and oxygen atoms in total. The molecule has 194 valence electrons. The molecule has 41 heavy (non-hydrogen) atoms. The third-order valence-corrected chi connectivity index (χ3v) is 8.13. The Balaban J connectivity index is 1.40. The maximum atomic E-state index is 6.35. The lowest BCUT2D eigenvalue weighted by atomic mass is 9.33. The number of benzene rings is 6. The van der Waals surface area contributed by atoms with Crippen LogP contribution in [0.2, 0.25) is 0 Å². The highest BCUT2D eigenvalue weighted by Gasteiger charge is 2.43. The second-order valence-corrected chi connectivity index (χ2v) is 10.7. The van der Waals surface area contributed by atoms with Crippen LogP contribution in [0, 0.1) is 6.92 Å². The number of anilines is 6. The molecule has 2 aliphatic heterocycles. The van der Waals surface area contributed by atoms with Crippen molar-refractivity contribution in [1.82, 2.24) is 0 Å². The number of nitrogens with zero attached hydrogens (tertiary/aromatic N) is 2. The quantitative estimate of drug-likeness (QED) is 0.217. The number of para-hydroxylation sites is 3. The second kappa shape index (κ2) is 9.46. The first-order valence-electron chi connectivity index (χ1n) is 14.1. The summed E-state index contributed by atoms with van der Waals surface area (Å²) in [6.45, 7) is 2.27. The standard InChI is InChI=1S/C37H27BN2O/c1-26-20-22-31-35(24-26)39(27-12-5-2-6-13-27)33-18-11-19-34-37(33)38(31)32-23-21-30(41-29-16-9-4-10-17-29)25-36(32)40(34)28-14-7-3-8-15-28/h2-25H,1H3. The van der Waals surface area contributed by atoms with E-state index in [1.54, 1.807) is 0 Å². The van der Waals surface area contributed by atoms with Crippen LogP contribution >= 0.6 is 0 Å². The van der Waals surface area contributed by atoms with Crippen LogP contribution in [0.3, 0.4) is 0 Å². The first-order chi connectivity index (χ1) is 20.3. The summed E-state index contributed by atoms with van der Waals surface area (Å²) in [7, 11) is 0. The van der Waals surface area contributed by atoms with Crippen LogP contribution in [-0.2, 0) is 0 Å². The van der Waals surface area contributed by atoms with Crippen LogP contribution in [0.5, 0.6) is 11.5 Å². The second-order valence-electron chi connectivity index (χ2n) is 10.7. The summed E-state index contributed by atoms with van der Waals surface area (Å²) in [4.78, 5) is 4.82. The van der Waals surface area contributed by atoms with Gasteiger partial charge in [-0.3, -0.25) is 0 Å². The van der Waals surface area contributed by atoms with E-state index in [1.807, 2.05) is 30.3 Å². The fourth-order valence-corrected chi connectivity index (χ4v) is 6.42. The van der Waals surface area contributed by atoms with Gasteiger partial charge in [0.25, 0.3) is 6.71 Å². The van der Waals surface area contributed by atoms with Crippen LogP contribution in [-0.4, -0.2) is 6.71 Å². The van der Waals surface area contributed by atoms with Gasteiger partial charge in [0.15, 0.2) is 0 Å². The number of rotatable bonds is 4. The van der Waals surface area contributed by atoms with Crippen LogP contribution < -0.4 is 30.9 Å². The Kier molecular flexibility index (Phi) is 5.46. The van der Waals surface area contributed by atoms with Gasteiger partial charge in [0.05, 0.1) is 0 Å². The third kappa shape index (κ3) is 3.83. The molecule has 0 atom stereocenters. The van der Waals surface area contributed by atoms with Gasteiger partial charge in [0.2, 0.25) is 0 Å². The van der Waals surface area contributed by atoms with E-state index in [9.17, 15) is 0 Å². The lowest BCUT2D eigenvalue weighted by Crippen LogP contribution is -2.61. The normalized spacial score (nSPS) is 12.9. The molecule has 0 aliphatic carbocycles. The van der Waals surface area contributed by atoms with E-state index in [1.165, 1.54) is 39.0 Å². The highest BCUT2D eigenvalue weighted by Crippen LogP contribution is 2.44. The average Bonchev–Trinajstić information content (AvgIpc) is 3.02. The van der Waals surface area contributed by atoms with Gasteiger partial charge in [0.1, 0.15) is 11.5 Å². The summed E-state index contributed by atoms with van der Waals surface area (Å²) in [6, 6.07) is 51.5. The zero-order chi connectivity index (χ0) is 27.3. The van der Waals surface area contributed by atoms with E-state index in [4.69, 9.17) is 4.74 Å². The van der Waals surface area contributed by atoms with Gasteiger partial charge in [-0.25, -0.2) is 0 Å². The van der Waals surface area contributed by atoms with Gasteiger partial charge in [0, 0.05) is 40.2 Å². The van der Waals surface area contributed by atoms with Crippen molar-refractivity contribution in [2.24, 2.45) is 0 Å². The summed E-state index contributed by atoms with van der Waals surface area (Å²) >= 11 is 0. The van der Waals surface area contributed by atoms with Gasteiger partial charge in [-0.05, 0) is 89.5 Å². The van der Waals surface area contributed by atoms with Crippen LogP contribution in [0.1, 0.15) is 5.56 Å². The number of hydrogen-bond donors (Lipinski definition) is 0. The largest absolute Gasteiger partial charge is 0.457 e. The Morgan fingerprint density at radius 3 is 1.61 bits per heavy atom. The van der Waals surface area contributed by atoms with Crippen LogP contribution in [0.4, 0.5) is 34.1 Å². The molecule has 0 N–H and O–H groups in total. The molecule has 0 saturated heterocycles. The van der Waals surface area contributed by atoms with Gasteiger partial charge in [-0.1, -0.05) is 78.9 Å². The van der Waals surface area contributed by atoms with Crippen molar-refractivity contribution in [3.05, 3.63) is 151 Å². The van der Waals surface area contributed by atoms with Crippen molar-refractivity contribution in [3.8, 4) is 11.5 Å². The van der Waals surface area contributed by atoms with E-state index >= 15 is 0 Å². The molecule has 4 heteroatoms. The molecule has 2 heterocycles. The number of ether oxygens (including phenoxy) is 1. The smallest absolute Gasteiger partial charge is 0.252 e. The van der Waals surface area contributed by atoms with Crippen molar-refractivity contribution < 1.29 is 4.74 Å². The molecule has 0 fully saturated rings. The molecule has 2 aliphatic rings. The first-order valence-corrected chi connectivity index (χ1v) is 14.1. The Morgan fingerprint density at radius 2 is 1.00 bits per heavy atom. The topological polar surface area (TPSA) is 15.7 Å². The highest BCUT2D eigenvalue weighted by molar-refractivity contribution is 7.00. The molecule has 0 unspecified atom stereocenters. The summed E-state index contributed by atoms with van der Waals surface area (Å²) in [6.07, 6.45) is 0.